The second-order valence-corrected chi connectivity index (χ2v) is 3.17. The number of rotatable bonds is 2. The topological polar surface area (TPSA) is 75.3 Å². The van der Waals surface area contributed by atoms with Gasteiger partial charge in [0.25, 0.3) is 0 Å². The molecular formula is C9H12N4O2. The Morgan fingerprint density at radius 2 is 2.13 bits per heavy atom. The summed E-state index contributed by atoms with van der Waals surface area (Å²) in [4.78, 5) is 15.3. The normalized spacial score (nSPS) is 25.1. The number of nitrogens with zero attached hydrogens (tertiary/aromatic N) is 1. The van der Waals surface area contributed by atoms with Crippen molar-refractivity contribution in [1.82, 2.24) is 21.4 Å². The number of esters is 1. The van der Waals surface area contributed by atoms with E-state index in [2.05, 4.69) is 26.1 Å². The predicted octanol–water partition coefficient (Wildman–Crippen LogP) is -0.723. The van der Waals surface area contributed by atoms with Crippen molar-refractivity contribution in [2.24, 2.45) is 0 Å². The Morgan fingerprint density at radius 3 is 2.80 bits per heavy atom. The minimum absolute atomic E-state index is 0.152. The molecule has 2 rings (SSSR count). The Labute approximate surface area is 87.0 Å². The molecule has 0 radical (unpaired) electrons. The highest BCUT2D eigenvalue weighted by atomic mass is 16.5. The molecule has 6 heteroatoms. The summed E-state index contributed by atoms with van der Waals surface area (Å²) in [6.07, 6.45) is 3.37. The van der Waals surface area contributed by atoms with Gasteiger partial charge in [0.15, 0.2) is 0 Å². The molecule has 0 aliphatic carbocycles. The summed E-state index contributed by atoms with van der Waals surface area (Å²) in [6, 6.07) is 3.11. The van der Waals surface area contributed by atoms with E-state index in [1.807, 2.05) is 12.1 Å². The molecule has 80 valence electrons. The largest absolute Gasteiger partial charge is 0.468 e. The van der Waals surface area contributed by atoms with Gasteiger partial charge in [0.05, 0.1) is 13.2 Å². The van der Waals surface area contributed by atoms with Gasteiger partial charge in [-0.2, -0.15) is 5.53 Å². The van der Waals surface area contributed by atoms with Gasteiger partial charge in [-0.1, -0.05) is 0 Å². The predicted molar refractivity (Wildman–Crippen MR) is 52.2 cm³/mol. The average Bonchev–Trinajstić information content (AvgIpc) is 2.78. The van der Waals surface area contributed by atoms with Gasteiger partial charge < -0.3 is 4.74 Å². The smallest absolute Gasteiger partial charge is 0.326 e. The van der Waals surface area contributed by atoms with E-state index in [-0.39, 0.29) is 12.0 Å². The molecule has 0 bridgehead atoms. The van der Waals surface area contributed by atoms with E-state index in [9.17, 15) is 4.79 Å². The Balaban J connectivity index is 2.18. The van der Waals surface area contributed by atoms with E-state index in [4.69, 9.17) is 0 Å². The summed E-state index contributed by atoms with van der Waals surface area (Å²) in [6.45, 7) is 0. The van der Waals surface area contributed by atoms with Crippen molar-refractivity contribution in [3.8, 4) is 0 Å². The second-order valence-electron chi connectivity index (χ2n) is 3.17. The van der Waals surface area contributed by atoms with Crippen LogP contribution in [0.25, 0.3) is 0 Å². The monoisotopic (exact) mass is 208 g/mol. The number of hydrazine groups is 2. The lowest BCUT2D eigenvalue weighted by molar-refractivity contribution is -0.143. The lowest BCUT2D eigenvalue weighted by Gasteiger charge is -2.15. The number of ether oxygens (including phenoxy) is 1. The van der Waals surface area contributed by atoms with Crippen LogP contribution in [0.15, 0.2) is 24.5 Å². The van der Waals surface area contributed by atoms with Crippen molar-refractivity contribution in [3.05, 3.63) is 30.1 Å². The lowest BCUT2D eigenvalue weighted by Crippen LogP contribution is -2.39. The first-order valence-corrected chi connectivity index (χ1v) is 4.56. The Kier molecular flexibility index (Phi) is 2.91. The van der Waals surface area contributed by atoms with Crippen LogP contribution in [0.2, 0.25) is 0 Å². The first-order valence-electron chi connectivity index (χ1n) is 4.56. The maximum atomic E-state index is 11.4. The van der Waals surface area contributed by atoms with Crippen molar-refractivity contribution in [2.45, 2.75) is 12.1 Å². The van der Waals surface area contributed by atoms with Gasteiger partial charge in [0.1, 0.15) is 6.04 Å². The molecule has 0 spiro atoms. The molecule has 1 fully saturated rings. The first kappa shape index (κ1) is 10.0. The Hall–Kier alpha value is -1.50. The van der Waals surface area contributed by atoms with Gasteiger partial charge >= 0.3 is 5.97 Å². The molecule has 0 aromatic carbocycles. The highest BCUT2D eigenvalue weighted by molar-refractivity contribution is 5.77. The van der Waals surface area contributed by atoms with Crippen molar-refractivity contribution in [3.63, 3.8) is 0 Å². The number of hydrogen-bond donors (Lipinski definition) is 3. The minimum atomic E-state index is -0.433. The number of carbonyl (C=O) groups is 1. The van der Waals surface area contributed by atoms with Crippen LogP contribution in [0.4, 0.5) is 0 Å². The summed E-state index contributed by atoms with van der Waals surface area (Å²) >= 11 is 0. The number of methoxy groups -OCH3 is 1. The summed E-state index contributed by atoms with van der Waals surface area (Å²) in [7, 11) is 1.37. The molecular weight excluding hydrogens is 196 g/mol. The number of hydrogen-bond acceptors (Lipinski definition) is 6. The molecule has 2 heterocycles. The van der Waals surface area contributed by atoms with Crippen LogP contribution in [0.1, 0.15) is 11.6 Å². The van der Waals surface area contributed by atoms with Crippen LogP contribution >= 0.6 is 0 Å². The van der Waals surface area contributed by atoms with Gasteiger partial charge in [-0.15, -0.1) is 0 Å². The maximum Gasteiger partial charge on any atom is 0.326 e. The van der Waals surface area contributed by atoms with E-state index >= 15 is 0 Å². The van der Waals surface area contributed by atoms with Crippen LogP contribution in [0, 0.1) is 0 Å². The molecule has 0 amide bonds. The zero-order valence-corrected chi connectivity index (χ0v) is 8.23. The molecule has 1 aromatic rings. The van der Waals surface area contributed by atoms with Crippen molar-refractivity contribution < 1.29 is 9.53 Å². The highest BCUT2D eigenvalue weighted by Gasteiger charge is 2.34. The molecule has 0 saturated carbocycles. The molecule has 1 aromatic heterocycles. The van der Waals surface area contributed by atoms with Gasteiger partial charge in [-0.25, -0.2) is 10.9 Å². The fraction of sp³-hybridized carbons (Fsp3) is 0.333. The molecule has 1 aliphatic rings. The van der Waals surface area contributed by atoms with E-state index in [0.717, 1.165) is 5.56 Å². The van der Waals surface area contributed by atoms with Gasteiger partial charge in [-0.05, 0) is 17.7 Å². The van der Waals surface area contributed by atoms with E-state index < -0.39 is 6.04 Å². The summed E-state index contributed by atoms with van der Waals surface area (Å²) in [5.74, 6) is -0.311. The van der Waals surface area contributed by atoms with Crippen LogP contribution in [0.3, 0.4) is 0 Å². The number of carbonyl (C=O) groups excluding carboxylic acids is 1. The van der Waals surface area contributed by atoms with Crippen LogP contribution < -0.4 is 16.4 Å². The number of nitrogens with one attached hydrogen (secondary N) is 3. The first-order chi connectivity index (χ1) is 7.33. The molecule has 15 heavy (non-hydrogen) atoms. The minimum Gasteiger partial charge on any atom is -0.468 e. The quantitative estimate of drug-likeness (QED) is 0.557. The summed E-state index contributed by atoms with van der Waals surface area (Å²) < 4.78 is 4.69. The number of aromatic nitrogens is 1. The van der Waals surface area contributed by atoms with E-state index in [1.165, 1.54) is 7.11 Å². The molecule has 1 saturated heterocycles. The van der Waals surface area contributed by atoms with Gasteiger partial charge in [0, 0.05) is 12.4 Å². The van der Waals surface area contributed by atoms with E-state index in [1.54, 1.807) is 12.4 Å². The average molecular weight is 208 g/mol. The fourth-order valence-corrected chi connectivity index (χ4v) is 1.53. The zero-order chi connectivity index (χ0) is 10.7. The lowest BCUT2D eigenvalue weighted by atomic mass is 10.0. The van der Waals surface area contributed by atoms with Crippen LogP contribution in [-0.2, 0) is 9.53 Å². The van der Waals surface area contributed by atoms with Crippen molar-refractivity contribution >= 4 is 5.97 Å². The Morgan fingerprint density at radius 1 is 1.40 bits per heavy atom. The highest BCUT2D eigenvalue weighted by Crippen LogP contribution is 2.18. The number of pyridine rings is 1. The molecule has 2 atom stereocenters. The van der Waals surface area contributed by atoms with Crippen LogP contribution in [-0.4, -0.2) is 24.1 Å². The summed E-state index contributed by atoms with van der Waals surface area (Å²) in [5.41, 5.74) is 9.43. The second kappa shape index (κ2) is 4.35. The van der Waals surface area contributed by atoms with Gasteiger partial charge in [-0.3, -0.25) is 9.78 Å². The third-order valence-corrected chi connectivity index (χ3v) is 2.31. The third-order valence-electron chi connectivity index (χ3n) is 2.31. The van der Waals surface area contributed by atoms with Crippen molar-refractivity contribution in [1.29, 1.82) is 0 Å². The SMILES string of the molecule is COC(=O)C1NNNC1c1ccncc1. The standard InChI is InChI=1S/C9H12N4O2/c1-15-9(14)8-7(11-13-12-8)6-2-4-10-5-3-6/h2-5,7-8,11-13H,1H3. The van der Waals surface area contributed by atoms with Gasteiger partial charge in [0.2, 0.25) is 0 Å². The fourth-order valence-electron chi connectivity index (χ4n) is 1.53. The summed E-state index contributed by atoms with van der Waals surface area (Å²) in [5, 5.41) is 0. The van der Waals surface area contributed by atoms with Crippen LogP contribution in [0.5, 0.6) is 0 Å². The molecule has 2 unspecified atom stereocenters. The van der Waals surface area contributed by atoms with E-state index in [0.29, 0.717) is 0 Å². The molecule has 6 nitrogen and oxygen atoms in total. The maximum absolute atomic E-state index is 11.4. The zero-order valence-electron chi connectivity index (χ0n) is 8.23. The molecule has 3 N–H and O–H groups in total. The third kappa shape index (κ3) is 1.96. The molecule has 1 aliphatic heterocycles. The Bertz CT molecular complexity index is 343. The van der Waals surface area contributed by atoms with Crippen molar-refractivity contribution in [2.75, 3.05) is 7.11 Å².